The van der Waals surface area contributed by atoms with Gasteiger partial charge in [0.1, 0.15) is 40.6 Å². The van der Waals surface area contributed by atoms with Gasteiger partial charge >= 0.3 is 0 Å². The van der Waals surface area contributed by atoms with Crippen molar-refractivity contribution >= 4 is 11.0 Å². The molecule has 29 heavy (non-hydrogen) atoms. The fraction of sp³-hybridized carbons (Fsp3) is 0.348. The Labute approximate surface area is 169 Å². The molecule has 1 saturated heterocycles. The van der Waals surface area contributed by atoms with Crippen molar-refractivity contribution in [3.05, 3.63) is 52.7 Å². The van der Waals surface area contributed by atoms with Crippen molar-refractivity contribution < 1.29 is 18.6 Å². The Kier molecular flexibility index (Phi) is 5.71. The van der Waals surface area contributed by atoms with Gasteiger partial charge in [-0.3, -0.25) is 9.69 Å². The lowest BCUT2D eigenvalue weighted by molar-refractivity contribution is 0.238. The molecule has 6 nitrogen and oxygen atoms in total. The third-order valence-electron chi connectivity index (χ3n) is 5.24. The van der Waals surface area contributed by atoms with Gasteiger partial charge < -0.3 is 18.6 Å². The van der Waals surface area contributed by atoms with E-state index < -0.39 is 0 Å². The van der Waals surface area contributed by atoms with Gasteiger partial charge in [0.25, 0.3) is 0 Å². The van der Waals surface area contributed by atoms with Crippen LogP contribution in [0.4, 0.5) is 0 Å². The van der Waals surface area contributed by atoms with E-state index in [2.05, 4.69) is 4.90 Å². The van der Waals surface area contributed by atoms with Crippen LogP contribution in [0.1, 0.15) is 12.8 Å². The third kappa shape index (κ3) is 4.22. The summed E-state index contributed by atoms with van der Waals surface area (Å²) in [5, 5.41) is 0.402. The number of ether oxygens (including phenoxy) is 3. The topological polar surface area (TPSA) is 61.1 Å². The number of fused-ring (bicyclic) bond motifs is 1. The van der Waals surface area contributed by atoms with Crippen molar-refractivity contribution in [3.8, 4) is 28.6 Å². The molecule has 0 amide bonds. The van der Waals surface area contributed by atoms with Crippen molar-refractivity contribution in [1.82, 2.24) is 4.90 Å². The first kappa shape index (κ1) is 19.3. The second-order valence-electron chi connectivity index (χ2n) is 7.10. The van der Waals surface area contributed by atoms with Crippen LogP contribution in [0.3, 0.4) is 0 Å². The Morgan fingerprint density at radius 1 is 0.966 bits per heavy atom. The number of hydrogen-bond donors (Lipinski definition) is 0. The van der Waals surface area contributed by atoms with Crippen molar-refractivity contribution in [2.24, 2.45) is 0 Å². The molecule has 1 aliphatic rings. The fourth-order valence-corrected chi connectivity index (χ4v) is 3.66. The molecule has 0 unspecified atom stereocenters. The highest BCUT2D eigenvalue weighted by Gasteiger charge is 2.14. The summed E-state index contributed by atoms with van der Waals surface area (Å²) >= 11 is 0. The first-order valence-corrected chi connectivity index (χ1v) is 9.83. The standard InChI is InChI=1S/C23H25NO5/c1-26-18-13-21(27-2)23-19(25)15-20(29-22(23)14-18)16-5-7-17(8-6-16)28-12-11-24-9-3-4-10-24/h5-8,13-15H,3-4,9-12H2,1-2H3. The van der Waals surface area contributed by atoms with Gasteiger partial charge in [-0.05, 0) is 50.2 Å². The summed E-state index contributed by atoms with van der Waals surface area (Å²) in [5.74, 6) is 2.29. The van der Waals surface area contributed by atoms with Crippen LogP contribution in [0.2, 0.25) is 0 Å². The smallest absolute Gasteiger partial charge is 0.197 e. The molecule has 2 heterocycles. The van der Waals surface area contributed by atoms with Crippen LogP contribution < -0.4 is 19.6 Å². The van der Waals surface area contributed by atoms with E-state index >= 15 is 0 Å². The van der Waals surface area contributed by atoms with Gasteiger partial charge in [0.05, 0.1) is 14.2 Å². The summed E-state index contributed by atoms with van der Waals surface area (Å²) in [6.07, 6.45) is 2.56. The molecule has 2 aromatic carbocycles. The van der Waals surface area contributed by atoms with Gasteiger partial charge in [-0.2, -0.15) is 0 Å². The molecule has 0 aliphatic carbocycles. The molecule has 152 valence electrons. The van der Waals surface area contributed by atoms with E-state index in [1.165, 1.54) is 39.1 Å². The summed E-state index contributed by atoms with van der Waals surface area (Å²) in [5.41, 5.74) is 1.07. The molecular weight excluding hydrogens is 370 g/mol. The quantitative estimate of drug-likeness (QED) is 0.604. The van der Waals surface area contributed by atoms with Gasteiger partial charge in [0.15, 0.2) is 5.43 Å². The average molecular weight is 395 g/mol. The average Bonchev–Trinajstić information content (AvgIpc) is 3.26. The predicted octanol–water partition coefficient (Wildman–Crippen LogP) is 3.95. The van der Waals surface area contributed by atoms with Gasteiger partial charge in [-0.1, -0.05) is 0 Å². The van der Waals surface area contributed by atoms with Crippen LogP contribution in [0.25, 0.3) is 22.3 Å². The van der Waals surface area contributed by atoms with Gasteiger partial charge in [0.2, 0.25) is 0 Å². The minimum Gasteiger partial charge on any atom is -0.496 e. The second kappa shape index (κ2) is 8.57. The van der Waals surface area contributed by atoms with E-state index in [-0.39, 0.29) is 5.43 Å². The third-order valence-corrected chi connectivity index (χ3v) is 5.24. The number of nitrogens with zero attached hydrogens (tertiary/aromatic N) is 1. The Balaban J connectivity index is 1.55. The number of rotatable bonds is 7. The Morgan fingerprint density at radius 3 is 2.41 bits per heavy atom. The summed E-state index contributed by atoms with van der Waals surface area (Å²) in [6, 6.07) is 12.4. The van der Waals surface area contributed by atoms with Gasteiger partial charge in [0, 0.05) is 30.3 Å². The van der Waals surface area contributed by atoms with Crippen LogP contribution in [-0.2, 0) is 0 Å². The zero-order chi connectivity index (χ0) is 20.2. The second-order valence-corrected chi connectivity index (χ2v) is 7.10. The zero-order valence-corrected chi connectivity index (χ0v) is 16.8. The van der Waals surface area contributed by atoms with E-state index in [4.69, 9.17) is 18.6 Å². The largest absolute Gasteiger partial charge is 0.496 e. The Hall–Kier alpha value is -2.99. The monoisotopic (exact) mass is 395 g/mol. The highest BCUT2D eigenvalue weighted by Crippen LogP contribution is 2.32. The minimum atomic E-state index is -0.160. The van der Waals surface area contributed by atoms with Gasteiger partial charge in [-0.15, -0.1) is 0 Å². The van der Waals surface area contributed by atoms with E-state index in [0.29, 0.717) is 34.8 Å². The van der Waals surface area contributed by atoms with E-state index in [1.54, 1.807) is 19.2 Å². The Morgan fingerprint density at radius 2 is 1.72 bits per heavy atom. The first-order valence-electron chi connectivity index (χ1n) is 9.83. The molecule has 3 aromatic rings. The zero-order valence-electron chi connectivity index (χ0n) is 16.8. The van der Waals surface area contributed by atoms with Crippen molar-refractivity contribution in [2.75, 3.05) is 40.5 Å². The lowest BCUT2D eigenvalue weighted by atomic mass is 10.1. The van der Waals surface area contributed by atoms with Crippen molar-refractivity contribution in [2.45, 2.75) is 12.8 Å². The lowest BCUT2D eigenvalue weighted by Gasteiger charge is -2.15. The predicted molar refractivity (Wildman–Crippen MR) is 112 cm³/mol. The van der Waals surface area contributed by atoms with E-state index in [0.717, 1.165) is 17.9 Å². The number of likely N-dealkylation sites (tertiary alicyclic amines) is 1. The molecule has 4 rings (SSSR count). The number of benzene rings is 2. The summed E-state index contributed by atoms with van der Waals surface area (Å²) in [6.45, 7) is 3.95. The molecule has 0 N–H and O–H groups in total. The minimum absolute atomic E-state index is 0.160. The molecule has 6 heteroatoms. The summed E-state index contributed by atoms with van der Waals surface area (Å²) in [4.78, 5) is 15.1. The maximum absolute atomic E-state index is 12.7. The SMILES string of the molecule is COc1cc(OC)c2c(=O)cc(-c3ccc(OCCN4CCCC4)cc3)oc2c1. The molecule has 1 aliphatic heterocycles. The van der Waals surface area contributed by atoms with E-state index in [1.807, 2.05) is 24.3 Å². The Bertz CT molecular complexity index is 1040. The first-order chi connectivity index (χ1) is 14.2. The maximum atomic E-state index is 12.7. The fourth-order valence-electron chi connectivity index (χ4n) is 3.66. The lowest BCUT2D eigenvalue weighted by Crippen LogP contribution is -2.25. The summed E-state index contributed by atoms with van der Waals surface area (Å²) in [7, 11) is 3.08. The van der Waals surface area contributed by atoms with Crippen molar-refractivity contribution in [1.29, 1.82) is 0 Å². The molecule has 0 atom stereocenters. The van der Waals surface area contributed by atoms with Crippen molar-refractivity contribution in [3.63, 3.8) is 0 Å². The molecular formula is C23H25NO5. The molecule has 0 radical (unpaired) electrons. The molecule has 0 saturated carbocycles. The highest BCUT2D eigenvalue weighted by molar-refractivity contribution is 5.86. The number of methoxy groups -OCH3 is 2. The van der Waals surface area contributed by atoms with Crippen LogP contribution in [0.15, 0.2) is 51.7 Å². The van der Waals surface area contributed by atoms with Gasteiger partial charge in [-0.25, -0.2) is 0 Å². The van der Waals surface area contributed by atoms with Crippen LogP contribution in [0.5, 0.6) is 17.2 Å². The molecule has 0 spiro atoms. The normalized spacial score (nSPS) is 14.3. The molecule has 1 aromatic heterocycles. The van der Waals surface area contributed by atoms with Crippen LogP contribution >= 0.6 is 0 Å². The molecule has 1 fully saturated rings. The molecule has 0 bridgehead atoms. The summed E-state index contributed by atoms with van der Waals surface area (Å²) < 4.78 is 22.4. The van der Waals surface area contributed by atoms with Crippen LogP contribution in [0, 0.1) is 0 Å². The number of hydrogen-bond acceptors (Lipinski definition) is 6. The van der Waals surface area contributed by atoms with E-state index in [9.17, 15) is 4.79 Å². The maximum Gasteiger partial charge on any atom is 0.197 e. The van der Waals surface area contributed by atoms with Crippen LogP contribution in [-0.4, -0.2) is 45.4 Å². The highest BCUT2D eigenvalue weighted by atomic mass is 16.5.